The van der Waals surface area contributed by atoms with E-state index >= 15 is 0 Å². The lowest BCUT2D eigenvalue weighted by atomic mass is 10.2. The van der Waals surface area contributed by atoms with Crippen LogP contribution >= 0.6 is 11.8 Å². The summed E-state index contributed by atoms with van der Waals surface area (Å²) in [5, 5.41) is 11.5. The summed E-state index contributed by atoms with van der Waals surface area (Å²) in [5.74, 6) is 3.37. The number of anilines is 1. The van der Waals surface area contributed by atoms with Gasteiger partial charge in [0.1, 0.15) is 5.82 Å². The number of aromatic amines is 1. The van der Waals surface area contributed by atoms with Gasteiger partial charge in [-0.25, -0.2) is 9.97 Å². The highest BCUT2D eigenvalue weighted by Crippen LogP contribution is 2.08. The third kappa shape index (κ3) is 5.03. The van der Waals surface area contributed by atoms with Crippen molar-refractivity contribution in [3.63, 3.8) is 0 Å². The SMILES string of the molecule is c1cncc(Cc2cnc(NCCSCc3ncc[nH]3)nn2)c1. The van der Waals surface area contributed by atoms with E-state index in [1.165, 1.54) is 0 Å². The Balaban J connectivity index is 1.39. The molecule has 0 fully saturated rings. The van der Waals surface area contributed by atoms with Crippen molar-refractivity contribution < 1.29 is 0 Å². The molecule has 3 aromatic rings. The summed E-state index contributed by atoms with van der Waals surface area (Å²) < 4.78 is 0. The fourth-order valence-electron chi connectivity index (χ4n) is 1.95. The number of hydrogen-bond donors (Lipinski definition) is 2. The summed E-state index contributed by atoms with van der Waals surface area (Å²) in [4.78, 5) is 15.6. The predicted octanol–water partition coefficient (Wildman–Crippen LogP) is 1.93. The molecular weight excluding hydrogens is 310 g/mol. The number of imidazole rings is 1. The van der Waals surface area contributed by atoms with Crippen molar-refractivity contribution in [1.29, 1.82) is 0 Å². The summed E-state index contributed by atoms with van der Waals surface area (Å²) in [7, 11) is 0. The normalized spacial score (nSPS) is 10.6. The van der Waals surface area contributed by atoms with Crippen molar-refractivity contribution in [2.45, 2.75) is 12.2 Å². The number of H-pyrrole nitrogens is 1. The number of aromatic nitrogens is 6. The molecule has 0 spiro atoms. The average Bonchev–Trinajstić information content (AvgIpc) is 3.10. The molecule has 0 aromatic carbocycles. The van der Waals surface area contributed by atoms with Gasteiger partial charge in [-0.3, -0.25) is 4.98 Å². The number of thioether (sulfide) groups is 1. The summed E-state index contributed by atoms with van der Waals surface area (Å²) in [6.07, 6.45) is 9.61. The predicted molar refractivity (Wildman–Crippen MR) is 90.1 cm³/mol. The second-order valence-corrected chi connectivity index (χ2v) is 5.93. The van der Waals surface area contributed by atoms with Gasteiger partial charge in [0.25, 0.3) is 0 Å². The molecule has 0 bridgehead atoms. The molecule has 8 heteroatoms. The highest BCUT2D eigenvalue weighted by Gasteiger charge is 2.01. The first-order valence-electron chi connectivity index (χ1n) is 7.27. The van der Waals surface area contributed by atoms with Crippen LogP contribution in [-0.4, -0.2) is 42.4 Å². The first-order valence-corrected chi connectivity index (χ1v) is 8.43. The second-order valence-electron chi connectivity index (χ2n) is 4.83. The molecule has 0 saturated heterocycles. The lowest BCUT2D eigenvalue weighted by Gasteiger charge is -2.04. The zero-order valence-electron chi connectivity index (χ0n) is 12.5. The van der Waals surface area contributed by atoms with Crippen LogP contribution in [0.1, 0.15) is 17.1 Å². The maximum Gasteiger partial charge on any atom is 0.242 e. The Kier molecular flexibility index (Phi) is 5.52. The molecule has 3 aromatic heterocycles. The minimum Gasteiger partial charge on any atom is -0.352 e. The maximum absolute atomic E-state index is 4.29. The molecule has 0 amide bonds. The van der Waals surface area contributed by atoms with Crippen LogP contribution in [0.2, 0.25) is 0 Å². The van der Waals surface area contributed by atoms with Gasteiger partial charge in [-0.2, -0.15) is 11.8 Å². The molecule has 0 aliphatic heterocycles. The van der Waals surface area contributed by atoms with Crippen LogP contribution in [0.25, 0.3) is 0 Å². The van der Waals surface area contributed by atoms with Crippen LogP contribution in [0.4, 0.5) is 5.95 Å². The lowest BCUT2D eigenvalue weighted by molar-refractivity contribution is 0.886. The number of nitrogens with one attached hydrogen (secondary N) is 2. The molecule has 118 valence electrons. The van der Waals surface area contributed by atoms with E-state index in [1.54, 1.807) is 30.4 Å². The minimum atomic E-state index is 0.554. The summed E-state index contributed by atoms with van der Waals surface area (Å²) in [6, 6.07) is 3.92. The zero-order valence-corrected chi connectivity index (χ0v) is 13.3. The molecule has 0 atom stereocenters. The van der Waals surface area contributed by atoms with Crippen LogP contribution in [0, 0.1) is 0 Å². The molecule has 23 heavy (non-hydrogen) atoms. The molecule has 0 aliphatic rings. The smallest absolute Gasteiger partial charge is 0.242 e. The van der Waals surface area contributed by atoms with Crippen LogP contribution < -0.4 is 5.32 Å². The van der Waals surface area contributed by atoms with Gasteiger partial charge in [0.15, 0.2) is 0 Å². The van der Waals surface area contributed by atoms with Gasteiger partial charge in [-0.15, -0.1) is 10.2 Å². The van der Waals surface area contributed by atoms with Crippen molar-refractivity contribution in [2.75, 3.05) is 17.6 Å². The Hall–Kier alpha value is -2.48. The molecule has 3 rings (SSSR count). The van der Waals surface area contributed by atoms with Gasteiger partial charge in [0, 0.05) is 43.5 Å². The molecule has 0 saturated carbocycles. The zero-order chi connectivity index (χ0) is 15.7. The maximum atomic E-state index is 4.29. The highest BCUT2D eigenvalue weighted by atomic mass is 32.2. The molecule has 3 heterocycles. The van der Waals surface area contributed by atoms with E-state index in [0.29, 0.717) is 12.4 Å². The third-order valence-electron chi connectivity index (χ3n) is 3.04. The Morgan fingerprint density at radius 3 is 2.87 bits per heavy atom. The summed E-state index contributed by atoms with van der Waals surface area (Å²) in [5.41, 5.74) is 1.93. The van der Waals surface area contributed by atoms with Crippen LogP contribution in [0.5, 0.6) is 0 Å². The van der Waals surface area contributed by atoms with Crippen molar-refractivity contribution >= 4 is 17.7 Å². The van der Waals surface area contributed by atoms with Gasteiger partial charge in [0.2, 0.25) is 5.95 Å². The molecular formula is C15H17N7S. The highest BCUT2D eigenvalue weighted by molar-refractivity contribution is 7.98. The first kappa shape index (κ1) is 15.4. The van der Waals surface area contributed by atoms with E-state index < -0.39 is 0 Å². The van der Waals surface area contributed by atoms with E-state index in [-0.39, 0.29) is 0 Å². The number of hydrogen-bond acceptors (Lipinski definition) is 7. The number of nitrogens with zero attached hydrogens (tertiary/aromatic N) is 5. The second kappa shape index (κ2) is 8.23. The quantitative estimate of drug-likeness (QED) is 0.611. The Morgan fingerprint density at radius 2 is 2.13 bits per heavy atom. The van der Waals surface area contributed by atoms with E-state index in [9.17, 15) is 0 Å². The molecule has 0 aliphatic carbocycles. The fraction of sp³-hybridized carbons (Fsp3) is 0.267. The van der Waals surface area contributed by atoms with Gasteiger partial charge in [0.05, 0.1) is 17.6 Å². The Bertz CT molecular complexity index is 686. The van der Waals surface area contributed by atoms with Crippen molar-refractivity contribution in [1.82, 2.24) is 30.1 Å². The standard InChI is InChI=1S/C15H17N7S/c1-2-12(9-16-3-1)8-13-10-20-15(22-21-13)19-6-7-23-11-14-17-4-5-18-14/h1-5,9-10H,6-8,11H2,(H,17,18)(H,19,20,22). The topological polar surface area (TPSA) is 92.3 Å². The van der Waals surface area contributed by atoms with Crippen LogP contribution in [0.15, 0.2) is 43.1 Å². The number of rotatable bonds is 8. The van der Waals surface area contributed by atoms with E-state index in [4.69, 9.17) is 0 Å². The Morgan fingerprint density at radius 1 is 1.13 bits per heavy atom. The van der Waals surface area contributed by atoms with Crippen LogP contribution in [-0.2, 0) is 12.2 Å². The summed E-state index contributed by atoms with van der Waals surface area (Å²) in [6.45, 7) is 0.787. The van der Waals surface area contributed by atoms with Crippen molar-refractivity contribution in [2.24, 2.45) is 0 Å². The lowest BCUT2D eigenvalue weighted by Crippen LogP contribution is -2.09. The van der Waals surface area contributed by atoms with Gasteiger partial charge < -0.3 is 10.3 Å². The molecule has 7 nitrogen and oxygen atoms in total. The third-order valence-corrected chi connectivity index (χ3v) is 4.01. The molecule has 0 unspecified atom stereocenters. The van der Waals surface area contributed by atoms with Crippen molar-refractivity contribution in [3.05, 3.63) is 60.2 Å². The molecule has 2 N–H and O–H groups in total. The van der Waals surface area contributed by atoms with Gasteiger partial charge >= 0.3 is 0 Å². The largest absolute Gasteiger partial charge is 0.352 e. The van der Waals surface area contributed by atoms with Gasteiger partial charge in [-0.1, -0.05) is 6.07 Å². The van der Waals surface area contributed by atoms with Gasteiger partial charge in [-0.05, 0) is 11.6 Å². The van der Waals surface area contributed by atoms with Crippen molar-refractivity contribution in [3.8, 4) is 0 Å². The first-order chi connectivity index (χ1) is 11.4. The monoisotopic (exact) mass is 327 g/mol. The fourth-order valence-corrected chi connectivity index (χ4v) is 2.70. The Labute approximate surface area is 138 Å². The van der Waals surface area contributed by atoms with E-state index in [2.05, 4.69) is 35.5 Å². The van der Waals surface area contributed by atoms with Crippen LogP contribution in [0.3, 0.4) is 0 Å². The molecule has 0 radical (unpaired) electrons. The van der Waals surface area contributed by atoms with E-state index in [1.807, 2.05) is 24.5 Å². The minimum absolute atomic E-state index is 0.554. The summed E-state index contributed by atoms with van der Waals surface area (Å²) >= 11 is 1.80. The van der Waals surface area contributed by atoms with E-state index in [0.717, 1.165) is 35.1 Å². The average molecular weight is 327 g/mol. The number of pyridine rings is 1.